The molecule has 37 heavy (non-hydrogen) atoms. The maximum absolute atomic E-state index is 12.2. The smallest absolute Gasteiger partial charge is 0.304 e. The first-order valence-corrected chi connectivity index (χ1v) is 13.5. The summed E-state index contributed by atoms with van der Waals surface area (Å²) in [6.45, 7) is 4.47. The number of H-pyrrole nitrogens is 1. The number of hydrogen-bond donors (Lipinski definition) is 1. The lowest BCUT2D eigenvalue weighted by molar-refractivity contribution is -0.185. The molecule has 1 aliphatic heterocycles. The molecule has 0 amide bonds. The number of ether oxygens (including phenoxy) is 3. The first-order chi connectivity index (χ1) is 17.7. The third-order valence-corrected chi connectivity index (χ3v) is 7.96. The second kappa shape index (κ2) is 11.5. The summed E-state index contributed by atoms with van der Waals surface area (Å²) in [6, 6.07) is 3.15. The van der Waals surface area contributed by atoms with Gasteiger partial charge in [-0.15, -0.1) is 5.10 Å². The molecule has 3 aromatic heterocycles. The number of carbonyl (C=O) groups is 2. The topological polar surface area (TPSA) is 162 Å². The highest BCUT2D eigenvalue weighted by atomic mass is 79.9. The maximum atomic E-state index is 12.2. The molecule has 1 saturated heterocycles. The number of carbonyl (C=O) groups excluding carboxylic acids is 2. The van der Waals surface area contributed by atoms with Gasteiger partial charge in [0.2, 0.25) is 0 Å². The largest absolute Gasteiger partial charge is 0.463 e. The lowest BCUT2D eigenvalue weighted by atomic mass is 9.89. The Hall–Kier alpha value is -3.06. The zero-order chi connectivity index (χ0) is 26.7. The van der Waals surface area contributed by atoms with E-state index in [0.29, 0.717) is 20.8 Å². The summed E-state index contributed by atoms with van der Waals surface area (Å²) in [5, 5.41) is 19.3. The number of esters is 2. The number of aromatic nitrogens is 5. The monoisotopic (exact) mass is 608 g/mol. The van der Waals surface area contributed by atoms with Crippen LogP contribution in [0, 0.1) is 17.2 Å². The molecule has 0 aromatic carbocycles. The van der Waals surface area contributed by atoms with E-state index in [4.69, 9.17) is 14.2 Å². The Kier molecular flexibility index (Phi) is 8.42. The molecule has 0 saturated carbocycles. The van der Waals surface area contributed by atoms with E-state index in [1.807, 2.05) is 13.0 Å². The normalized spacial score (nSPS) is 23.3. The van der Waals surface area contributed by atoms with Crippen LogP contribution < -0.4 is 4.87 Å². The van der Waals surface area contributed by atoms with Crippen molar-refractivity contribution in [2.75, 3.05) is 6.61 Å². The van der Waals surface area contributed by atoms with Gasteiger partial charge in [0.1, 0.15) is 23.8 Å². The number of thiazole rings is 1. The highest BCUT2D eigenvalue weighted by Gasteiger charge is 2.48. The van der Waals surface area contributed by atoms with Crippen molar-refractivity contribution in [3.8, 4) is 17.5 Å². The van der Waals surface area contributed by atoms with Crippen LogP contribution in [0.4, 0.5) is 0 Å². The van der Waals surface area contributed by atoms with Crippen LogP contribution in [0.2, 0.25) is 0 Å². The fraction of sp³-hybridized carbons (Fsp3) is 0.409. The predicted molar refractivity (Wildman–Crippen MR) is 136 cm³/mol. The third-order valence-electron chi connectivity index (χ3n) is 5.58. The molecule has 12 nitrogen and oxygen atoms in total. The second-order valence-corrected chi connectivity index (χ2v) is 11.0. The van der Waals surface area contributed by atoms with E-state index in [1.165, 1.54) is 31.8 Å². The molecule has 194 valence electrons. The quantitative estimate of drug-likeness (QED) is 0.392. The third kappa shape index (κ3) is 6.27. The van der Waals surface area contributed by atoms with Crippen molar-refractivity contribution in [2.24, 2.45) is 5.92 Å². The van der Waals surface area contributed by atoms with Gasteiger partial charge in [0.15, 0.2) is 11.8 Å². The molecule has 4 rings (SSSR count). The Morgan fingerprint density at radius 3 is 2.78 bits per heavy atom. The predicted octanol–water partition coefficient (Wildman–Crippen LogP) is 2.91. The zero-order valence-corrected chi connectivity index (χ0v) is 23.0. The lowest BCUT2D eigenvalue weighted by Crippen LogP contribution is -2.52. The number of halogens is 1. The molecule has 0 radical (unpaired) electrons. The molecular weight excluding hydrogens is 588 g/mol. The SMILES string of the molecule is CC(=O)OCC1O[C@H](Sc2cnc(C#N)c(Br)c2)[C@@H](OC(C)=O)C(n2cc(-c3csc(=O)[nH]3)nn2)[C@H]1C. The van der Waals surface area contributed by atoms with Gasteiger partial charge in [0.05, 0.1) is 28.5 Å². The van der Waals surface area contributed by atoms with Crippen LogP contribution >= 0.6 is 39.0 Å². The van der Waals surface area contributed by atoms with E-state index in [9.17, 15) is 19.6 Å². The maximum Gasteiger partial charge on any atom is 0.304 e. The van der Waals surface area contributed by atoms with Crippen molar-refractivity contribution in [3.63, 3.8) is 0 Å². The van der Waals surface area contributed by atoms with Crippen LogP contribution in [0.1, 0.15) is 32.5 Å². The molecule has 0 aliphatic carbocycles. The summed E-state index contributed by atoms with van der Waals surface area (Å²) in [5.74, 6) is -1.30. The molecule has 3 aromatic rings. The number of pyridine rings is 1. The summed E-state index contributed by atoms with van der Waals surface area (Å²) in [6.07, 6.45) is 1.79. The average Bonchev–Trinajstić information content (AvgIpc) is 3.49. The van der Waals surface area contributed by atoms with Gasteiger partial charge in [0.25, 0.3) is 0 Å². The molecule has 1 fully saturated rings. The number of hydrogen-bond acceptors (Lipinski definition) is 12. The Bertz CT molecular complexity index is 1400. The van der Waals surface area contributed by atoms with E-state index in [1.54, 1.807) is 22.3 Å². The van der Waals surface area contributed by atoms with E-state index < -0.39 is 35.6 Å². The van der Waals surface area contributed by atoms with Crippen LogP contribution in [-0.2, 0) is 23.8 Å². The summed E-state index contributed by atoms with van der Waals surface area (Å²) < 4.78 is 19.4. The molecule has 2 unspecified atom stereocenters. The van der Waals surface area contributed by atoms with Crippen LogP contribution in [-0.4, -0.2) is 61.2 Å². The second-order valence-electron chi connectivity index (χ2n) is 8.15. The minimum absolute atomic E-state index is 0.0223. The number of aromatic amines is 1. The van der Waals surface area contributed by atoms with E-state index in [-0.39, 0.29) is 23.1 Å². The fourth-order valence-corrected chi connectivity index (χ4v) is 6.18. The first-order valence-electron chi connectivity index (χ1n) is 10.9. The molecule has 0 spiro atoms. The lowest BCUT2D eigenvalue weighted by Gasteiger charge is -2.44. The molecular formula is C22H21BrN6O6S2. The molecule has 1 aliphatic rings. The van der Waals surface area contributed by atoms with Crippen LogP contribution in [0.25, 0.3) is 11.4 Å². The molecule has 5 atom stereocenters. The molecule has 4 heterocycles. The first kappa shape index (κ1) is 27.0. The Balaban J connectivity index is 1.72. The van der Waals surface area contributed by atoms with E-state index >= 15 is 0 Å². The summed E-state index contributed by atoms with van der Waals surface area (Å²) in [7, 11) is 0. The van der Waals surface area contributed by atoms with Gasteiger partial charge >= 0.3 is 16.8 Å². The number of thioether (sulfide) groups is 1. The van der Waals surface area contributed by atoms with Crippen molar-refractivity contribution < 1.29 is 23.8 Å². The standard InChI is InChI=1S/C22H21BrN6O6S2/c1-10-18(8-33-11(2)30)35-21(37-13-4-14(23)15(5-24)25-6-13)20(34-12(3)31)19(10)29-7-16(27-28-29)17-9-36-22(32)26-17/h4,6-7,9-10,18-21H,8H2,1-3H3,(H,26,32)/t10-,18?,19?,20-,21+/m0/s1. The molecule has 1 N–H and O–H groups in total. The number of nitrogens with one attached hydrogen (secondary N) is 1. The van der Waals surface area contributed by atoms with Gasteiger partial charge in [-0.25, -0.2) is 9.67 Å². The van der Waals surface area contributed by atoms with Crippen molar-refractivity contribution in [2.45, 2.75) is 49.4 Å². The van der Waals surface area contributed by atoms with Gasteiger partial charge in [-0.2, -0.15) is 5.26 Å². The fourth-order valence-electron chi connectivity index (χ4n) is 3.90. The number of rotatable bonds is 7. The number of nitriles is 1. The molecule has 0 bridgehead atoms. The van der Waals surface area contributed by atoms with Gasteiger partial charge in [-0.05, 0) is 22.0 Å². The highest BCUT2D eigenvalue weighted by Crippen LogP contribution is 2.43. The summed E-state index contributed by atoms with van der Waals surface area (Å²) >= 11 is 5.59. The van der Waals surface area contributed by atoms with E-state index in [0.717, 1.165) is 11.3 Å². The highest BCUT2D eigenvalue weighted by molar-refractivity contribution is 9.10. The van der Waals surface area contributed by atoms with Crippen molar-refractivity contribution in [1.29, 1.82) is 5.26 Å². The Labute approximate surface area is 227 Å². The Morgan fingerprint density at radius 1 is 1.38 bits per heavy atom. The Morgan fingerprint density at radius 2 is 2.16 bits per heavy atom. The minimum Gasteiger partial charge on any atom is -0.463 e. The average molecular weight is 609 g/mol. The van der Waals surface area contributed by atoms with Crippen LogP contribution in [0.5, 0.6) is 0 Å². The van der Waals surface area contributed by atoms with Gasteiger partial charge in [-0.1, -0.05) is 35.2 Å². The van der Waals surface area contributed by atoms with Gasteiger partial charge < -0.3 is 19.2 Å². The van der Waals surface area contributed by atoms with Crippen LogP contribution in [0.3, 0.4) is 0 Å². The zero-order valence-electron chi connectivity index (χ0n) is 19.8. The van der Waals surface area contributed by atoms with E-state index in [2.05, 4.69) is 36.2 Å². The molecule has 15 heteroatoms. The summed E-state index contributed by atoms with van der Waals surface area (Å²) in [4.78, 5) is 42.6. The van der Waals surface area contributed by atoms with Crippen LogP contribution in [0.15, 0.2) is 38.0 Å². The minimum atomic E-state index is -0.823. The van der Waals surface area contributed by atoms with Crippen molar-refractivity contribution in [1.82, 2.24) is 25.0 Å². The van der Waals surface area contributed by atoms with Gasteiger partial charge in [-0.3, -0.25) is 14.4 Å². The summed E-state index contributed by atoms with van der Waals surface area (Å²) in [5.41, 5.74) is 0.438. The van der Waals surface area contributed by atoms with Crippen molar-refractivity contribution >= 4 is 51.0 Å². The number of nitrogens with zero attached hydrogens (tertiary/aromatic N) is 5. The van der Waals surface area contributed by atoms with Gasteiger partial charge in [0, 0.05) is 36.2 Å². The van der Waals surface area contributed by atoms with Crippen molar-refractivity contribution in [3.05, 3.63) is 43.7 Å².